The van der Waals surface area contributed by atoms with Crippen LogP contribution < -0.4 is 5.32 Å². The molecule has 0 fully saturated rings. The quantitative estimate of drug-likeness (QED) is 0.848. The molecule has 17 heavy (non-hydrogen) atoms. The lowest BCUT2D eigenvalue weighted by Crippen LogP contribution is -2.21. The van der Waals surface area contributed by atoms with Gasteiger partial charge in [0, 0.05) is 5.39 Å². The second-order valence-electron chi connectivity index (χ2n) is 4.44. The fourth-order valence-electron chi connectivity index (χ4n) is 1.91. The van der Waals surface area contributed by atoms with Gasteiger partial charge in [0.2, 0.25) is 0 Å². The Balaban J connectivity index is 1.86. The molecule has 2 aromatic rings. The van der Waals surface area contributed by atoms with Crippen LogP contribution >= 0.6 is 11.8 Å². The Morgan fingerprint density at radius 3 is 2.94 bits per heavy atom. The number of nitrogens with one attached hydrogen (secondary N) is 1. The largest absolute Gasteiger partial charge is 0.460 e. The number of hydrogen-bond acceptors (Lipinski definition) is 3. The second-order valence-corrected chi connectivity index (χ2v) is 5.35. The molecule has 1 aromatic heterocycles. The van der Waals surface area contributed by atoms with Gasteiger partial charge in [-0.3, -0.25) is 0 Å². The monoisotopic (exact) mass is 249 g/mol. The molecule has 0 saturated heterocycles. The van der Waals surface area contributed by atoms with Gasteiger partial charge >= 0.3 is 0 Å². The van der Waals surface area contributed by atoms with Gasteiger partial charge < -0.3 is 9.73 Å². The molecule has 2 nitrogen and oxygen atoms in total. The van der Waals surface area contributed by atoms with E-state index in [1.807, 2.05) is 30.0 Å². The highest BCUT2D eigenvalue weighted by molar-refractivity contribution is 7.98. The van der Waals surface area contributed by atoms with E-state index in [0.29, 0.717) is 5.92 Å². The summed E-state index contributed by atoms with van der Waals surface area (Å²) in [5.41, 5.74) is 0.974. The van der Waals surface area contributed by atoms with Gasteiger partial charge in [-0.2, -0.15) is 11.8 Å². The summed E-state index contributed by atoms with van der Waals surface area (Å²) in [4.78, 5) is 0. The molecule has 0 aliphatic rings. The van der Waals surface area contributed by atoms with Crippen LogP contribution in [0.2, 0.25) is 0 Å². The summed E-state index contributed by atoms with van der Waals surface area (Å²) in [6.07, 6.45) is 2.15. The molecule has 0 amide bonds. The molecule has 1 heterocycles. The van der Waals surface area contributed by atoms with Crippen LogP contribution in [0.1, 0.15) is 12.7 Å². The molecule has 0 radical (unpaired) electrons. The van der Waals surface area contributed by atoms with Gasteiger partial charge in [-0.05, 0) is 36.6 Å². The number of furan rings is 1. The number of thioether (sulfide) groups is 1. The number of fused-ring (bicyclic) bond motifs is 1. The van der Waals surface area contributed by atoms with E-state index in [1.54, 1.807) is 0 Å². The van der Waals surface area contributed by atoms with Crippen molar-refractivity contribution in [3.63, 3.8) is 0 Å². The first-order valence-corrected chi connectivity index (χ1v) is 7.36. The number of hydrogen-bond donors (Lipinski definition) is 1. The summed E-state index contributed by atoms with van der Waals surface area (Å²) in [6.45, 7) is 4.12. The molecule has 0 saturated carbocycles. The van der Waals surface area contributed by atoms with Crippen molar-refractivity contribution in [3.05, 3.63) is 36.1 Å². The number of para-hydroxylation sites is 1. The maximum Gasteiger partial charge on any atom is 0.134 e. The predicted octanol–water partition coefficient (Wildman–Crippen LogP) is 3.52. The lowest BCUT2D eigenvalue weighted by atomic mass is 10.2. The summed E-state index contributed by atoms with van der Waals surface area (Å²) in [5, 5.41) is 4.62. The normalized spacial score (nSPS) is 13.1. The third-order valence-corrected chi connectivity index (χ3v) is 3.62. The first kappa shape index (κ1) is 12.5. The van der Waals surface area contributed by atoms with Crippen molar-refractivity contribution in [1.82, 2.24) is 5.32 Å². The van der Waals surface area contributed by atoms with Crippen LogP contribution in [0, 0.1) is 5.92 Å². The highest BCUT2D eigenvalue weighted by Gasteiger charge is 2.04. The first-order valence-electron chi connectivity index (χ1n) is 5.96. The Hall–Kier alpha value is -0.930. The molecule has 92 valence electrons. The van der Waals surface area contributed by atoms with Crippen LogP contribution in [0.3, 0.4) is 0 Å². The maximum atomic E-state index is 5.74. The van der Waals surface area contributed by atoms with Crippen molar-refractivity contribution in [2.24, 2.45) is 5.92 Å². The molecule has 1 atom stereocenters. The van der Waals surface area contributed by atoms with Gasteiger partial charge in [0.1, 0.15) is 11.3 Å². The van der Waals surface area contributed by atoms with Crippen LogP contribution in [-0.2, 0) is 6.54 Å². The molecule has 3 heteroatoms. The van der Waals surface area contributed by atoms with Crippen molar-refractivity contribution >= 4 is 22.7 Å². The molecule has 2 rings (SSSR count). The second kappa shape index (κ2) is 6.12. The lowest BCUT2D eigenvalue weighted by Gasteiger charge is -2.09. The average Bonchev–Trinajstić information content (AvgIpc) is 2.71. The van der Waals surface area contributed by atoms with Crippen LogP contribution in [0.5, 0.6) is 0 Å². The first-order chi connectivity index (χ1) is 8.29. The molecule has 0 aliphatic heterocycles. The molecule has 1 N–H and O–H groups in total. The van der Waals surface area contributed by atoms with Gasteiger partial charge in [-0.25, -0.2) is 0 Å². The predicted molar refractivity (Wildman–Crippen MR) is 75.5 cm³/mol. The van der Waals surface area contributed by atoms with E-state index < -0.39 is 0 Å². The van der Waals surface area contributed by atoms with Crippen molar-refractivity contribution in [2.45, 2.75) is 13.5 Å². The van der Waals surface area contributed by atoms with Crippen LogP contribution in [0.25, 0.3) is 11.0 Å². The lowest BCUT2D eigenvalue weighted by molar-refractivity contribution is 0.488. The van der Waals surface area contributed by atoms with Crippen LogP contribution in [-0.4, -0.2) is 18.6 Å². The van der Waals surface area contributed by atoms with Gasteiger partial charge in [0.25, 0.3) is 0 Å². The zero-order valence-corrected chi connectivity index (χ0v) is 11.2. The minimum atomic E-state index is 0.703. The number of rotatable bonds is 6. The van der Waals surface area contributed by atoms with E-state index in [9.17, 15) is 0 Å². The SMILES string of the molecule is CSCC(C)CNCc1cc2ccccc2o1. The van der Waals surface area contributed by atoms with Gasteiger partial charge in [0.15, 0.2) is 0 Å². The zero-order valence-electron chi connectivity index (χ0n) is 10.4. The molecule has 0 spiro atoms. The minimum Gasteiger partial charge on any atom is -0.460 e. The Morgan fingerprint density at radius 1 is 1.35 bits per heavy atom. The molecule has 1 unspecified atom stereocenters. The zero-order chi connectivity index (χ0) is 12.1. The summed E-state index contributed by atoms with van der Waals surface area (Å²) in [6, 6.07) is 10.2. The Labute approximate surface area is 107 Å². The third kappa shape index (κ3) is 3.51. The van der Waals surface area contributed by atoms with Crippen molar-refractivity contribution in [1.29, 1.82) is 0 Å². The highest BCUT2D eigenvalue weighted by atomic mass is 32.2. The van der Waals surface area contributed by atoms with Gasteiger partial charge in [-0.15, -0.1) is 0 Å². The van der Waals surface area contributed by atoms with Crippen molar-refractivity contribution < 1.29 is 4.42 Å². The summed E-state index contributed by atoms with van der Waals surface area (Å²) in [7, 11) is 0. The summed E-state index contributed by atoms with van der Waals surface area (Å²) < 4.78 is 5.74. The van der Waals surface area contributed by atoms with Gasteiger partial charge in [0.05, 0.1) is 6.54 Å². The summed E-state index contributed by atoms with van der Waals surface area (Å²) in [5.74, 6) is 2.92. The van der Waals surface area contributed by atoms with Crippen molar-refractivity contribution in [2.75, 3.05) is 18.6 Å². The third-order valence-electron chi connectivity index (χ3n) is 2.72. The fraction of sp³-hybridized carbons (Fsp3) is 0.429. The van der Waals surface area contributed by atoms with Crippen LogP contribution in [0.4, 0.5) is 0 Å². The molecule has 0 aliphatic carbocycles. The molecule has 1 aromatic carbocycles. The molecular weight excluding hydrogens is 230 g/mol. The van der Waals surface area contributed by atoms with E-state index in [4.69, 9.17) is 4.42 Å². The van der Waals surface area contributed by atoms with E-state index in [-0.39, 0.29) is 0 Å². The van der Waals surface area contributed by atoms with Crippen LogP contribution in [0.15, 0.2) is 34.7 Å². The fourth-order valence-corrected chi connectivity index (χ4v) is 2.60. The highest BCUT2D eigenvalue weighted by Crippen LogP contribution is 2.18. The van der Waals surface area contributed by atoms with E-state index in [1.165, 1.54) is 11.1 Å². The average molecular weight is 249 g/mol. The Bertz CT molecular complexity index is 433. The van der Waals surface area contributed by atoms with E-state index in [2.05, 4.69) is 30.6 Å². The molecule has 0 bridgehead atoms. The Kier molecular flexibility index (Phi) is 4.51. The summed E-state index contributed by atoms with van der Waals surface area (Å²) >= 11 is 1.90. The Morgan fingerprint density at radius 2 is 2.18 bits per heavy atom. The standard InChI is InChI=1S/C14H19NOS/c1-11(10-17-2)8-15-9-13-7-12-5-3-4-6-14(12)16-13/h3-7,11,15H,8-10H2,1-2H3. The van der Waals surface area contributed by atoms with E-state index in [0.717, 1.165) is 24.4 Å². The molecular formula is C14H19NOS. The topological polar surface area (TPSA) is 25.2 Å². The smallest absolute Gasteiger partial charge is 0.134 e. The van der Waals surface area contributed by atoms with Gasteiger partial charge in [-0.1, -0.05) is 25.1 Å². The minimum absolute atomic E-state index is 0.703. The van der Waals surface area contributed by atoms with E-state index >= 15 is 0 Å². The number of benzene rings is 1. The maximum absolute atomic E-state index is 5.74. The van der Waals surface area contributed by atoms with Crippen molar-refractivity contribution in [3.8, 4) is 0 Å².